The minimum atomic E-state index is 0.295. The van der Waals surface area contributed by atoms with E-state index >= 15 is 0 Å². The fourth-order valence-electron chi connectivity index (χ4n) is 3.32. The molecule has 3 rings (SSSR count). The number of aromatic nitrogens is 2. The molecule has 1 unspecified atom stereocenters. The van der Waals surface area contributed by atoms with Crippen molar-refractivity contribution in [1.29, 1.82) is 0 Å². The third-order valence-electron chi connectivity index (χ3n) is 4.73. The van der Waals surface area contributed by atoms with Crippen molar-refractivity contribution in [3.8, 4) is 5.69 Å². The fourth-order valence-corrected chi connectivity index (χ4v) is 3.32. The molecule has 0 saturated carbocycles. The topological polar surface area (TPSA) is 47.1 Å². The number of nitrogens with two attached hydrogens (primary N) is 1. The first-order chi connectivity index (χ1) is 10.5. The molecule has 0 bridgehead atoms. The van der Waals surface area contributed by atoms with Gasteiger partial charge in [-0.15, -0.1) is 0 Å². The number of benzene rings is 1. The molecule has 1 fully saturated rings. The molecular formula is C18H26N4. The van der Waals surface area contributed by atoms with Gasteiger partial charge in [0.1, 0.15) is 0 Å². The van der Waals surface area contributed by atoms with Crippen LogP contribution in [0.4, 0.5) is 0 Å². The average molecular weight is 298 g/mol. The van der Waals surface area contributed by atoms with E-state index in [1.807, 2.05) is 11.6 Å². The van der Waals surface area contributed by atoms with Crippen molar-refractivity contribution in [3.63, 3.8) is 0 Å². The van der Waals surface area contributed by atoms with Crippen LogP contribution in [-0.2, 0) is 6.54 Å². The molecule has 22 heavy (non-hydrogen) atoms. The zero-order valence-electron chi connectivity index (χ0n) is 13.8. The lowest BCUT2D eigenvalue weighted by molar-refractivity contribution is 0.274. The van der Waals surface area contributed by atoms with Gasteiger partial charge in [0.25, 0.3) is 0 Å². The summed E-state index contributed by atoms with van der Waals surface area (Å²) in [6.07, 6.45) is 1.20. The van der Waals surface area contributed by atoms with Crippen LogP contribution in [0.25, 0.3) is 5.69 Å². The molecule has 1 atom stereocenters. The van der Waals surface area contributed by atoms with Gasteiger partial charge in [-0.2, -0.15) is 5.10 Å². The normalized spacial score (nSPS) is 22.4. The molecule has 118 valence electrons. The molecule has 0 aliphatic carbocycles. The first kappa shape index (κ1) is 15.3. The van der Waals surface area contributed by atoms with Crippen LogP contribution >= 0.6 is 0 Å². The highest BCUT2D eigenvalue weighted by Crippen LogP contribution is 2.29. The number of hydrogen-bond donors (Lipinski definition) is 1. The highest BCUT2D eigenvalue weighted by molar-refractivity contribution is 5.36. The Bertz CT molecular complexity index is 644. The molecule has 4 nitrogen and oxygen atoms in total. The Morgan fingerprint density at radius 1 is 1.23 bits per heavy atom. The van der Waals surface area contributed by atoms with Crippen LogP contribution < -0.4 is 5.73 Å². The van der Waals surface area contributed by atoms with Crippen molar-refractivity contribution in [2.45, 2.75) is 33.7 Å². The highest BCUT2D eigenvalue weighted by atomic mass is 15.3. The van der Waals surface area contributed by atoms with E-state index in [1.54, 1.807) is 0 Å². The summed E-state index contributed by atoms with van der Waals surface area (Å²) in [5.41, 5.74) is 10.9. The van der Waals surface area contributed by atoms with Crippen LogP contribution in [0, 0.1) is 19.3 Å². The van der Waals surface area contributed by atoms with E-state index in [4.69, 9.17) is 5.73 Å². The summed E-state index contributed by atoms with van der Waals surface area (Å²) in [5, 5.41) is 4.54. The molecule has 1 saturated heterocycles. The van der Waals surface area contributed by atoms with E-state index in [0.29, 0.717) is 5.41 Å². The summed E-state index contributed by atoms with van der Waals surface area (Å²) in [7, 11) is 0. The molecular weight excluding hydrogens is 272 g/mol. The molecule has 2 aromatic rings. The SMILES string of the molecule is Cc1cc(C)n(-c2ccc(CN3CCC(C)(CN)C3)cc2)n1. The van der Waals surface area contributed by atoms with Crippen LogP contribution in [0.15, 0.2) is 30.3 Å². The fraction of sp³-hybridized carbons (Fsp3) is 0.500. The minimum Gasteiger partial charge on any atom is -0.330 e. The summed E-state index contributed by atoms with van der Waals surface area (Å²) >= 11 is 0. The maximum absolute atomic E-state index is 5.89. The van der Waals surface area contributed by atoms with Crippen LogP contribution in [0.5, 0.6) is 0 Å². The maximum atomic E-state index is 5.89. The lowest BCUT2D eigenvalue weighted by atomic mass is 9.90. The Morgan fingerprint density at radius 2 is 1.95 bits per heavy atom. The van der Waals surface area contributed by atoms with E-state index in [9.17, 15) is 0 Å². The summed E-state index contributed by atoms with van der Waals surface area (Å²) in [6, 6.07) is 10.8. The van der Waals surface area contributed by atoms with Crippen molar-refractivity contribution in [2.75, 3.05) is 19.6 Å². The zero-order chi connectivity index (χ0) is 15.7. The first-order valence-electron chi connectivity index (χ1n) is 8.04. The average Bonchev–Trinajstić information content (AvgIpc) is 3.03. The van der Waals surface area contributed by atoms with Crippen LogP contribution in [0.1, 0.15) is 30.3 Å². The Labute approximate surface area is 132 Å². The maximum Gasteiger partial charge on any atom is 0.0648 e. The van der Waals surface area contributed by atoms with Gasteiger partial charge in [0.05, 0.1) is 11.4 Å². The van der Waals surface area contributed by atoms with Gasteiger partial charge in [-0.3, -0.25) is 4.90 Å². The smallest absolute Gasteiger partial charge is 0.0648 e. The van der Waals surface area contributed by atoms with Gasteiger partial charge in [0, 0.05) is 18.8 Å². The Kier molecular flexibility index (Phi) is 4.06. The Balaban J connectivity index is 1.69. The van der Waals surface area contributed by atoms with Gasteiger partial charge in [0.15, 0.2) is 0 Å². The molecule has 0 spiro atoms. The number of aryl methyl sites for hydroxylation is 2. The van der Waals surface area contributed by atoms with Crippen LogP contribution in [0.2, 0.25) is 0 Å². The lowest BCUT2D eigenvalue weighted by Gasteiger charge is -2.22. The lowest BCUT2D eigenvalue weighted by Crippen LogP contribution is -2.31. The van der Waals surface area contributed by atoms with Crippen molar-refractivity contribution < 1.29 is 0 Å². The van der Waals surface area contributed by atoms with Crippen LogP contribution in [0.3, 0.4) is 0 Å². The minimum absolute atomic E-state index is 0.295. The van der Waals surface area contributed by atoms with E-state index in [0.717, 1.165) is 37.6 Å². The van der Waals surface area contributed by atoms with E-state index in [2.05, 4.69) is 54.2 Å². The van der Waals surface area contributed by atoms with E-state index in [-0.39, 0.29) is 0 Å². The first-order valence-corrected chi connectivity index (χ1v) is 8.04. The molecule has 1 aromatic heterocycles. The molecule has 1 aromatic carbocycles. The Hall–Kier alpha value is -1.65. The number of hydrogen-bond acceptors (Lipinski definition) is 3. The third kappa shape index (κ3) is 3.08. The number of likely N-dealkylation sites (tertiary alicyclic amines) is 1. The standard InChI is InChI=1S/C18H26N4/c1-14-10-15(2)22(20-14)17-6-4-16(5-7-17)11-21-9-8-18(3,12-19)13-21/h4-7,10H,8-9,11-13,19H2,1-3H3. The van der Waals surface area contributed by atoms with Gasteiger partial charge in [-0.05, 0) is 62.5 Å². The number of rotatable bonds is 4. The highest BCUT2D eigenvalue weighted by Gasteiger charge is 2.32. The van der Waals surface area contributed by atoms with Crippen LogP contribution in [-0.4, -0.2) is 34.3 Å². The van der Waals surface area contributed by atoms with Crippen molar-refractivity contribution >= 4 is 0 Å². The van der Waals surface area contributed by atoms with E-state index in [1.165, 1.54) is 17.7 Å². The molecule has 2 heterocycles. The molecule has 2 N–H and O–H groups in total. The van der Waals surface area contributed by atoms with Gasteiger partial charge < -0.3 is 5.73 Å². The second-order valence-corrected chi connectivity index (χ2v) is 6.98. The summed E-state index contributed by atoms with van der Waals surface area (Å²) in [4.78, 5) is 2.51. The molecule has 1 aliphatic heterocycles. The predicted molar refractivity (Wildman–Crippen MR) is 90.1 cm³/mol. The van der Waals surface area contributed by atoms with Crippen molar-refractivity contribution in [1.82, 2.24) is 14.7 Å². The zero-order valence-corrected chi connectivity index (χ0v) is 13.8. The summed E-state index contributed by atoms with van der Waals surface area (Å²) in [5.74, 6) is 0. The molecule has 1 aliphatic rings. The van der Waals surface area contributed by atoms with Gasteiger partial charge >= 0.3 is 0 Å². The van der Waals surface area contributed by atoms with Gasteiger partial charge in [-0.1, -0.05) is 19.1 Å². The van der Waals surface area contributed by atoms with Crippen molar-refractivity contribution in [2.24, 2.45) is 11.1 Å². The quantitative estimate of drug-likeness (QED) is 0.944. The van der Waals surface area contributed by atoms with E-state index < -0.39 is 0 Å². The van der Waals surface area contributed by atoms with Gasteiger partial charge in [0.2, 0.25) is 0 Å². The van der Waals surface area contributed by atoms with Crippen molar-refractivity contribution in [3.05, 3.63) is 47.3 Å². The molecule has 0 radical (unpaired) electrons. The Morgan fingerprint density at radius 3 is 2.50 bits per heavy atom. The second kappa shape index (κ2) is 5.86. The largest absolute Gasteiger partial charge is 0.330 e. The molecule has 4 heteroatoms. The number of nitrogens with zero attached hydrogens (tertiary/aromatic N) is 3. The summed E-state index contributed by atoms with van der Waals surface area (Å²) in [6.45, 7) is 10.4. The van der Waals surface area contributed by atoms with Gasteiger partial charge in [-0.25, -0.2) is 4.68 Å². The third-order valence-corrected chi connectivity index (χ3v) is 4.73. The summed E-state index contributed by atoms with van der Waals surface area (Å²) < 4.78 is 2.00. The second-order valence-electron chi connectivity index (χ2n) is 6.98. The molecule has 0 amide bonds. The monoisotopic (exact) mass is 298 g/mol. The predicted octanol–water partition coefficient (Wildman–Crippen LogP) is 2.66.